The van der Waals surface area contributed by atoms with Gasteiger partial charge < -0.3 is 9.47 Å². The highest BCUT2D eigenvalue weighted by Gasteiger charge is 2.11. The smallest absolute Gasteiger partial charge is 0.269 e. The lowest BCUT2D eigenvalue weighted by molar-refractivity contribution is 0.0846. The molecule has 0 bridgehead atoms. The van der Waals surface area contributed by atoms with Gasteiger partial charge in [-0.15, -0.1) is 0 Å². The largest absolute Gasteiger partial charge is 0.490 e. The Labute approximate surface area is 154 Å². The van der Waals surface area contributed by atoms with Crippen LogP contribution in [0.25, 0.3) is 0 Å². The molecule has 2 aromatic rings. The highest BCUT2D eigenvalue weighted by Crippen LogP contribution is 2.25. The summed E-state index contributed by atoms with van der Waals surface area (Å²) in [5.41, 5.74) is 6.69. The molecule has 2 N–H and O–H groups in total. The molecule has 0 unspecified atom stereocenters. The van der Waals surface area contributed by atoms with E-state index in [1.54, 1.807) is 37.4 Å². The Morgan fingerprint density at radius 2 is 1.56 bits per heavy atom. The van der Waals surface area contributed by atoms with Crippen LogP contribution in [0.4, 0.5) is 0 Å². The van der Waals surface area contributed by atoms with Crippen LogP contribution in [-0.2, 0) is 4.74 Å². The molecular formula is C18H19BrN2O4. The van der Waals surface area contributed by atoms with Crippen LogP contribution in [0.3, 0.4) is 0 Å². The Balaban J connectivity index is 1.93. The van der Waals surface area contributed by atoms with Crippen LogP contribution in [0.1, 0.15) is 26.3 Å². The summed E-state index contributed by atoms with van der Waals surface area (Å²) in [5, 5.41) is 0. The molecule has 0 aliphatic heterocycles. The van der Waals surface area contributed by atoms with Gasteiger partial charge in [0.1, 0.15) is 12.4 Å². The maximum absolute atomic E-state index is 12.2. The van der Waals surface area contributed by atoms with E-state index in [4.69, 9.17) is 9.47 Å². The van der Waals surface area contributed by atoms with Gasteiger partial charge in [-0.2, -0.15) is 0 Å². The van der Waals surface area contributed by atoms with Crippen molar-refractivity contribution in [3.05, 3.63) is 63.6 Å². The van der Waals surface area contributed by atoms with Gasteiger partial charge in [-0.05, 0) is 53.2 Å². The van der Waals surface area contributed by atoms with Crippen molar-refractivity contribution in [2.24, 2.45) is 0 Å². The molecule has 0 saturated carbocycles. The fraction of sp³-hybridized carbons (Fsp3) is 0.222. The van der Waals surface area contributed by atoms with Gasteiger partial charge in [0.05, 0.1) is 11.1 Å². The third-order valence-corrected chi connectivity index (χ3v) is 3.96. The molecule has 0 aliphatic carbocycles. The SMILES string of the molecule is COCCOc1ccc(C(=O)NNC(=O)c2ccc(C)cc2)cc1Br. The average molecular weight is 407 g/mol. The zero-order chi connectivity index (χ0) is 18.2. The molecule has 25 heavy (non-hydrogen) atoms. The first-order chi connectivity index (χ1) is 12.0. The molecule has 2 amide bonds. The molecule has 0 fully saturated rings. The number of benzene rings is 2. The molecule has 6 nitrogen and oxygen atoms in total. The molecule has 0 aliphatic rings. The molecule has 7 heteroatoms. The molecular weight excluding hydrogens is 388 g/mol. The lowest BCUT2D eigenvalue weighted by Gasteiger charge is -2.10. The molecule has 0 heterocycles. The first kappa shape index (κ1) is 19.0. The van der Waals surface area contributed by atoms with Crippen molar-refractivity contribution in [1.82, 2.24) is 10.9 Å². The number of nitrogens with one attached hydrogen (secondary N) is 2. The molecule has 0 aromatic heterocycles. The monoisotopic (exact) mass is 406 g/mol. The van der Waals surface area contributed by atoms with Gasteiger partial charge >= 0.3 is 0 Å². The van der Waals surface area contributed by atoms with Gasteiger partial charge in [0.15, 0.2) is 0 Å². The third-order valence-electron chi connectivity index (χ3n) is 3.34. The molecule has 2 rings (SSSR count). The lowest BCUT2D eigenvalue weighted by Crippen LogP contribution is -2.41. The summed E-state index contributed by atoms with van der Waals surface area (Å²) in [6.45, 7) is 2.82. The summed E-state index contributed by atoms with van der Waals surface area (Å²) < 4.78 is 11.1. The lowest BCUT2D eigenvalue weighted by atomic mass is 10.1. The number of aryl methyl sites for hydroxylation is 1. The van der Waals surface area contributed by atoms with Gasteiger partial charge in [-0.3, -0.25) is 20.4 Å². The highest BCUT2D eigenvalue weighted by molar-refractivity contribution is 9.10. The van der Waals surface area contributed by atoms with Crippen molar-refractivity contribution < 1.29 is 19.1 Å². The Hall–Kier alpha value is -2.38. The van der Waals surface area contributed by atoms with Crippen molar-refractivity contribution in [3.63, 3.8) is 0 Å². The number of hydrogen-bond acceptors (Lipinski definition) is 4. The Bertz CT molecular complexity index is 747. The van der Waals surface area contributed by atoms with Crippen LogP contribution in [0.5, 0.6) is 5.75 Å². The summed E-state index contributed by atoms with van der Waals surface area (Å²) >= 11 is 3.36. The number of hydrazine groups is 1. The van der Waals surface area contributed by atoms with Crippen molar-refractivity contribution in [3.8, 4) is 5.75 Å². The second-order valence-corrected chi connectivity index (χ2v) is 6.12. The van der Waals surface area contributed by atoms with Crippen LogP contribution in [0.2, 0.25) is 0 Å². The summed E-state index contributed by atoms with van der Waals surface area (Å²) in [5.74, 6) is -0.200. The van der Waals surface area contributed by atoms with Crippen LogP contribution in [0, 0.1) is 6.92 Å². The first-order valence-corrected chi connectivity index (χ1v) is 8.39. The van der Waals surface area contributed by atoms with Gasteiger partial charge in [-0.25, -0.2) is 0 Å². The van der Waals surface area contributed by atoms with Crippen LogP contribution < -0.4 is 15.6 Å². The summed E-state index contributed by atoms with van der Waals surface area (Å²) in [7, 11) is 1.59. The number of amides is 2. The van der Waals surface area contributed by atoms with Gasteiger partial charge in [0, 0.05) is 18.2 Å². The highest BCUT2D eigenvalue weighted by atomic mass is 79.9. The summed E-state index contributed by atoms with van der Waals surface area (Å²) in [4.78, 5) is 24.1. The van der Waals surface area contributed by atoms with Gasteiger partial charge in [0.2, 0.25) is 0 Å². The third kappa shape index (κ3) is 5.58. The zero-order valence-electron chi connectivity index (χ0n) is 14.0. The van der Waals surface area contributed by atoms with Crippen LogP contribution in [0.15, 0.2) is 46.9 Å². The van der Waals surface area contributed by atoms with E-state index in [0.717, 1.165) is 5.56 Å². The fourth-order valence-electron chi connectivity index (χ4n) is 1.96. The second kappa shape index (κ2) is 9.19. The van der Waals surface area contributed by atoms with Crippen LogP contribution in [-0.4, -0.2) is 32.1 Å². The van der Waals surface area contributed by atoms with Crippen LogP contribution >= 0.6 is 15.9 Å². The van der Waals surface area contributed by atoms with Crippen molar-refractivity contribution in [2.75, 3.05) is 20.3 Å². The maximum Gasteiger partial charge on any atom is 0.269 e. The zero-order valence-corrected chi connectivity index (χ0v) is 15.6. The van der Waals surface area contributed by atoms with Crippen molar-refractivity contribution >= 4 is 27.7 Å². The van der Waals surface area contributed by atoms with E-state index in [1.165, 1.54) is 0 Å². The minimum absolute atomic E-state index is 0.382. The quantitative estimate of drug-likeness (QED) is 0.571. The number of ether oxygens (including phenoxy) is 2. The molecule has 0 atom stereocenters. The number of methoxy groups -OCH3 is 1. The Morgan fingerprint density at radius 1 is 0.960 bits per heavy atom. The van der Waals surface area contributed by atoms with E-state index in [1.807, 2.05) is 19.1 Å². The van der Waals surface area contributed by atoms with E-state index >= 15 is 0 Å². The summed E-state index contributed by atoms with van der Waals surface area (Å²) in [6, 6.07) is 12.0. The predicted molar refractivity (Wildman–Crippen MR) is 97.6 cm³/mol. The summed E-state index contributed by atoms with van der Waals surface area (Å²) in [6.07, 6.45) is 0. The molecule has 0 saturated heterocycles. The number of rotatable bonds is 6. The minimum atomic E-state index is -0.426. The van der Waals surface area contributed by atoms with Gasteiger partial charge in [0.25, 0.3) is 11.8 Å². The van der Waals surface area contributed by atoms with E-state index in [0.29, 0.717) is 34.6 Å². The Morgan fingerprint density at radius 3 is 2.16 bits per heavy atom. The standard InChI is InChI=1S/C18H19BrN2O4/c1-12-3-5-13(6-4-12)17(22)20-21-18(23)14-7-8-16(15(19)11-14)25-10-9-24-2/h3-8,11H,9-10H2,1-2H3,(H,20,22)(H,21,23). The molecule has 2 aromatic carbocycles. The minimum Gasteiger partial charge on any atom is -0.490 e. The van der Waals surface area contributed by atoms with Gasteiger partial charge in [-0.1, -0.05) is 17.7 Å². The van der Waals surface area contributed by atoms with E-state index < -0.39 is 5.91 Å². The molecule has 0 radical (unpaired) electrons. The van der Waals surface area contributed by atoms with E-state index in [-0.39, 0.29) is 5.91 Å². The molecule has 0 spiro atoms. The average Bonchev–Trinajstić information content (AvgIpc) is 2.61. The normalized spacial score (nSPS) is 10.2. The second-order valence-electron chi connectivity index (χ2n) is 5.26. The number of carbonyl (C=O) groups excluding carboxylic acids is 2. The number of halogens is 1. The topological polar surface area (TPSA) is 76.7 Å². The predicted octanol–water partition coefficient (Wildman–Crippen LogP) is 2.86. The van der Waals surface area contributed by atoms with E-state index in [9.17, 15) is 9.59 Å². The number of carbonyl (C=O) groups is 2. The first-order valence-electron chi connectivity index (χ1n) is 7.60. The maximum atomic E-state index is 12.2. The fourth-order valence-corrected chi connectivity index (χ4v) is 2.45. The van der Waals surface area contributed by atoms with Crippen molar-refractivity contribution in [1.29, 1.82) is 0 Å². The Kier molecular flexibility index (Phi) is 6.97. The number of hydrogen-bond donors (Lipinski definition) is 2. The van der Waals surface area contributed by atoms with Crippen molar-refractivity contribution in [2.45, 2.75) is 6.92 Å². The molecule has 132 valence electrons. The van der Waals surface area contributed by atoms with E-state index in [2.05, 4.69) is 26.8 Å².